The second kappa shape index (κ2) is 9.50. The van der Waals surface area contributed by atoms with E-state index in [0.717, 1.165) is 11.3 Å². The fourth-order valence-electron chi connectivity index (χ4n) is 3.18. The van der Waals surface area contributed by atoms with Crippen molar-refractivity contribution in [3.8, 4) is 0 Å². The van der Waals surface area contributed by atoms with E-state index >= 15 is 0 Å². The largest absolute Gasteiger partial charge is 0.468 e. The number of esters is 1. The Morgan fingerprint density at radius 3 is 2.61 bits per heavy atom. The molecule has 3 rings (SSSR count). The maximum Gasteiger partial charge on any atom is 0.338 e. The van der Waals surface area contributed by atoms with Crippen LogP contribution in [0.25, 0.3) is 0 Å². The number of rotatable bonds is 8. The summed E-state index contributed by atoms with van der Waals surface area (Å²) >= 11 is 1.59. The Bertz CT molecular complexity index is 833. The zero-order chi connectivity index (χ0) is 19.9. The molecular formula is C21H24N2O4S. The number of nitrogens with zero attached hydrogens (tertiary/aromatic N) is 1. The number of thioether (sulfide) groups is 1. The third kappa shape index (κ3) is 4.42. The highest BCUT2D eigenvalue weighted by Gasteiger charge is 2.37. The first-order valence-corrected chi connectivity index (χ1v) is 10.4. The molecule has 0 radical (unpaired) electrons. The van der Waals surface area contributed by atoms with Crippen molar-refractivity contribution in [2.45, 2.75) is 25.6 Å². The zero-order valence-corrected chi connectivity index (χ0v) is 16.8. The van der Waals surface area contributed by atoms with E-state index in [-0.39, 0.29) is 12.6 Å². The van der Waals surface area contributed by atoms with Crippen LogP contribution >= 0.6 is 11.8 Å². The Morgan fingerprint density at radius 1 is 1.18 bits per heavy atom. The minimum Gasteiger partial charge on any atom is -0.468 e. The van der Waals surface area contributed by atoms with Gasteiger partial charge in [-0.15, -0.1) is 11.8 Å². The van der Waals surface area contributed by atoms with Crippen LogP contribution in [0.4, 0.5) is 4.79 Å². The van der Waals surface area contributed by atoms with Crippen LogP contribution in [-0.2, 0) is 15.3 Å². The Hall–Kier alpha value is -2.67. The van der Waals surface area contributed by atoms with Crippen LogP contribution in [0.5, 0.6) is 0 Å². The SMILES string of the molecule is CCOC(=O)C1=C(CSCc2ccco2)N(CC)C(=O)NC1c1ccccc1. The van der Waals surface area contributed by atoms with Crippen molar-refractivity contribution < 1.29 is 18.7 Å². The predicted molar refractivity (Wildman–Crippen MR) is 109 cm³/mol. The summed E-state index contributed by atoms with van der Waals surface area (Å²) < 4.78 is 10.7. The fourth-order valence-corrected chi connectivity index (χ4v) is 4.15. The highest BCUT2D eigenvalue weighted by Crippen LogP contribution is 2.33. The number of nitrogens with one attached hydrogen (secondary N) is 1. The summed E-state index contributed by atoms with van der Waals surface area (Å²) in [5.74, 6) is 1.61. The topological polar surface area (TPSA) is 71.8 Å². The van der Waals surface area contributed by atoms with E-state index in [1.807, 2.05) is 49.4 Å². The lowest BCUT2D eigenvalue weighted by atomic mass is 9.95. The van der Waals surface area contributed by atoms with Gasteiger partial charge in [0.05, 0.1) is 30.2 Å². The second-order valence-electron chi connectivity index (χ2n) is 6.19. The third-order valence-electron chi connectivity index (χ3n) is 4.45. The molecule has 1 unspecified atom stereocenters. The highest BCUT2D eigenvalue weighted by molar-refractivity contribution is 7.98. The van der Waals surface area contributed by atoms with Crippen molar-refractivity contribution in [2.24, 2.45) is 0 Å². The van der Waals surface area contributed by atoms with Gasteiger partial charge in [0.2, 0.25) is 0 Å². The van der Waals surface area contributed by atoms with Gasteiger partial charge in [-0.1, -0.05) is 30.3 Å². The number of carbonyl (C=O) groups is 2. The highest BCUT2D eigenvalue weighted by atomic mass is 32.2. The molecule has 7 heteroatoms. The minimum absolute atomic E-state index is 0.210. The number of urea groups is 1. The predicted octanol–water partition coefficient (Wildman–Crippen LogP) is 4.12. The van der Waals surface area contributed by atoms with Crippen LogP contribution in [0.2, 0.25) is 0 Å². The van der Waals surface area contributed by atoms with Crippen LogP contribution in [0.3, 0.4) is 0 Å². The van der Waals surface area contributed by atoms with Crippen molar-refractivity contribution in [2.75, 3.05) is 18.9 Å². The van der Waals surface area contributed by atoms with Gasteiger partial charge in [-0.25, -0.2) is 9.59 Å². The van der Waals surface area contributed by atoms with Gasteiger partial charge in [-0.2, -0.15) is 0 Å². The molecule has 28 heavy (non-hydrogen) atoms. The number of amides is 2. The molecule has 0 saturated heterocycles. The monoisotopic (exact) mass is 400 g/mol. The van der Waals surface area contributed by atoms with E-state index in [0.29, 0.717) is 29.3 Å². The first-order valence-electron chi connectivity index (χ1n) is 9.29. The van der Waals surface area contributed by atoms with E-state index in [9.17, 15) is 9.59 Å². The summed E-state index contributed by atoms with van der Waals surface area (Å²) in [6, 6.07) is 12.5. The number of ether oxygens (including phenoxy) is 1. The molecule has 1 aliphatic heterocycles. The van der Waals surface area contributed by atoms with Gasteiger partial charge in [0, 0.05) is 18.0 Å². The first-order chi connectivity index (χ1) is 13.7. The summed E-state index contributed by atoms with van der Waals surface area (Å²) in [7, 11) is 0. The molecule has 1 aliphatic rings. The lowest BCUT2D eigenvalue weighted by molar-refractivity contribution is -0.139. The van der Waals surface area contributed by atoms with Crippen LogP contribution in [-0.4, -0.2) is 35.8 Å². The molecule has 1 aromatic heterocycles. The molecule has 6 nitrogen and oxygen atoms in total. The molecular weight excluding hydrogens is 376 g/mol. The Kier molecular flexibility index (Phi) is 6.81. The van der Waals surface area contributed by atoms with E-state index in [1.165, 1.54) is 0 Å². The number of hydrogen-bond acceptors (Lipinski definition) is 5. The second-order valence-corrected chi connectivity index (χ2v) is 7.18. The molecule has 0 fully saturated rings. The van der Waals surface area contributed by atoms with E-state index in [2.05, 4.69) is 5.32 Å². The molecule has 2 heterocycles. The average molecular weight is 401 g/mol. The fraction of sp³-hybridized carbons (Fsp3) is 0.333. The van der Waals surface area contributed by atoms with E-state index in [4.69, 9.17) is 9.15 Å². The summed E-state index contributed by atoms with van der Waals surface area (Å²) in [6.07, 6.45) is 1.64. The lowest BCUT2D eigenvalue weighted by Gasteiger charge is -2.36. The molecule has 2 aromatic rings. The summed E-state index contributed by atoms with van der Waals surface area (Å²) in [4.78, 5) is 27.2. The molecule has 0 bridgehead atoms. The molecule has 1 aromatic carbocycles. The standard InChI is InChI=1S/C21H24N2O4S/c1-3-23-17(14-28-13-16-11-8-12-27-16)18(20(24)26-4-2)19(22-21(23)25)15-9-6-5-7-10-15/h5-12,19H,3-4,13-14H2,1-2H3,(H,22,25). The number of hydrogen-bond donors (Lipinski definition) is 1. The molecule has 2 amide bonds. The molecule has 1 atom stereocenters. The summed E-state index contributed by atoms with van der Waals surface area (Å²) in [5.41, 5.74) is 2.03. The van der Waals surface area contributed by atoms with Gasteiger partial charge >= 0.3 is 12.0 Å². The van der Waals surface area contributed by atoms with E-state index in [1.54, 1.807) is 29.8 Å². The van der Waals surface area contributed by atoms with Crippen molar-refractivity contribution >= 4 is 23.8 Å². The third-order valence-corrected chi connectivity index (χ3v) is 5.41. The lowest BCUT2D eigenvalue weighted by Crippen LogP contribution is -2.49. The number of furan rings is 1. The maximum absolute atomic E-state index is 12.9. The molecule has 1 N–H and O–H groups in total. The number of benzene rings is 1. The molecule has 0 saturated carbocycles. The molecule has 0 aliphatic carbocycles. The van der Waals surface area contributed by atoms with Crippen molar-refractivity contribution in [3.63, 3.8) is 0 Å². The van der Waals surface area contributed by atoms with Gasteiger partial charge in [0.25, 0.3) is 0 Å². The van der Waals surface area contributed by atoms with Gasteiger partial charge in [0.15, 0.2) is 0 Å². The minimum atomic E-state index is -0.533. The van der Waals surface area contributed by atoms with Crippen molar-refractivity contribution in [1.82, 2.24) is 10.2 Å². The van der Waals surface area contributed by atoms with Gasteiger partial charge in [-0.3, -0.25) is 4.90 Å². The Balaban J connectivity index is 1.97. The van der Waals surface area contributed by atoms with Crippen molar-refractivity contribution in [1.29, 1.82) is 0 Å². The quantitative estimate of drug-likeness (QED) is 0.675. The summed E-state index contributed by atoms with van der Waals surface area (Å²) in [5, 5.41) is 2.96. The normalized spacial score (nSPS) is 16.9. The molecule has 0 spiro atoms. The van der Waals surface area contributed by atoms with Crippen LogP contribution in [0.1, 0.15) is 31.2 Å². The van der Waals surface area contributed by atoms with Gasteiger partial charge in [0.1, 0.15) is 5.76 Å². The maximum atomic E-state index is 12.9. The Morgan fingerprint density at radius 2 is 1.96 bits per heavy atom. The zero-order valence-electron chi connectivity index (χ0n) is 16.0. The first kappa shape index (κ1) is 20.1. The van der Waals surface area contributed by atoms with Crippen LogP contribution in [0.15, 0.2) is 64.4 Å². The van der Waals surface area contributed by atoms with Gasteiger partial charge < -0.3 is 14.5 Å². The Labute approximate surface area is 168 Å². The van der Waals surface area contributed by atoms with Crippen LogP contribution in [0, 0.1) is 0 Å². The van der Waals surface area contributed by atoms with Crippen LogP contribution < -0.4 is 5.32 Å². The van der Waals surface area contributed by atoms with E-state index < -0.39 is 12.0 Å². The summed E-state index contributed by atoms with van der Waals surface area (Å²) in [6.45, 7) is 4.41. The molecule has 148 valence electrons. The van der Waals surface area contributed by atoms with Gasteiger partial charge in [-0.05, 0) is 31.5 Å². The number of carbonyl (C=O) groups excluding carboxylic acids is 2. The smallest absolute Gasteiger partial charge is 0.338 e. The average Bonchev–Trinajstić information content (AvgIpc) is 3.22. The van der Waals surface area contributed by atoms with Crippen molar-refractivity contribution in [3.05, 3.63) is 71.3 Å².